The molecule has 2 rings (SSSR count). The van der Waals surface area contributed by atoms with Crippen LogP contribution in [0.3, 0.4) is 0 Å². The fourth-order valence-corrected chi connectivity index (χ4v) is 2.72. The molecule has 25 heavy (non-hydrogen) atoms. The Kier molecular flexibility index (Phi) is 6.22. The van der Waals surface area contributed by atoms with E-state index in [0.29, 0.717) is 17.3 Å². The Labute approximate surface area is 152 Å². The molecule has 1 atom stereocenters. The third-order valence-electron chi connectivity index (χ3n) is 4.06. The van der Waals surface area contributed by atoms with Crippen molar-refractivity contribution in [1.29, 1.82) is 0 Å². The van der Waals surface area contributed by atoms with Crippen molar-refractivity contribution in [3.8, 4) is 0 Å². The van der Waals surface area contributed by atoms with E-state index in [1.165, 1.54) is 0 Å². The molecule has 1 aromatic carbocycles. The summed E-state index contributed by atoms with van der Waals surface area (Å²) in [6, 6.07) is 9.04. The molecule has 2 amide bonds. The molecule has 0 radical (unpaired) electrons. The molecule has 0 aliphatic rings. The Balaban J connectivity index is 1.99. The molecule has 0 spiro atoms. The van der Waals surface area contributed by atoms with Gasteiger partial charge in [0.2, 0.25) is 0 Å². The van der Waals surface area contributed by atoms with Crippen LogP contribution in [0.4, 0.5) is 5.69 Å². The molecule has 6 nitrogen and oxygen atoms in total. The van der Waals surface area contributed by atoms with Gasteiger partial charge in [-0.15, -0.1) is 0 Å². The van der Waals surface area contributed by atoms with Gasteiger partial charge in [-0.25, -0.2) is 0 Å². The maximum absolute atomic E-state index is 12.1. The highest BCUT2D eigenvalue weighted by Crippen LogP contribution is 2.20. The van der Waals surface area contributed by atoms with Crippen LogP contribution in [0.5, 0.6) is 0 Å². The van der Waals surface area contributed by atoms with Crippen LogP contribution in [0.1, 0.15) is 17.3 Å². The molecule has 1 heterocycles. The molecule has 0 aliphatic carbocycles. The zero-order chi connectivity index (χ0) is 18.6. The molecule has 0 fully saturated rings. The molecule has 0 saturated heterocycles. The zero-order valence-electron chi connectivity index (χ0n) is 14.8. The molecule has 0 saturated carbocycles. The van der Waals surface area contributed by atoms with Gasteiger partial charge in [-0.2, -0.15) is 0 Å². The Morgan fingerprint density at radius 2 is 1.96 bits per heavy atom. The number of amides is 2. The smallest absolute Gasteiger partial charge is 0.313 e. The standard InChI is InChI=1S/C18H23ClN4O2/c1-12-7-8-13(19)10-14(12)21-18(25)17(24)20-11-16(22(2)3)15-6-5-9-23(15)4/h5-10,16H,11H2,1-4H3,(H,20,24)(H,21,25)/t16-/m0/s1. The van der Waals surface area contributed by atoms with Gasteiger partial charge in [-0.1, -0.05) is 17.7 Å². The lowest BCUT2D eigenvalue weighted by atomic mass is 10.2. The fraction of sp³-hybridized carbons (Fsp3) is 0.333. The summed E-state index contributed by atoms with van der Waals surface area (Å²) in [5, 5.41) is 5.79. The maximum atomic E-state index is 12.1. The van der Waals surface area contributed by atoms with E-state index in [9.17, 15) is 9.59 Å². The summed E-state index contributed by atoms with van der Waals surface area (Å²) in [5.74, 6) is -1.39. The van der Waals surface area contributed by atoms with E-state index < -0.39 is 11.8 Å². The monoisotopic (exact) mass is 362 g/mol. The van der Waals surface area contributed by atoms with Crippen LogP contribution in [-0.2, 0) is 16.6 Å². The largest absolute Gasteiger partial charge is 0.353 e. The molecular weight excluding hydrogens is 340 g/mol. The SMILES string of the molecule is Cc1ccc(Cl)cc1NC(=O)C(=O)NC[C@@H](c1cccn1C)N(C)C. The van der Waals surface area contributed by atoms with E-state index >= 15 is 0 Å². The molecule has 0 unspecified atom stereocenters. The number of aromatic nitrogens is 1. The number of aryl methyl sites for hydroxylation is 2. The van der Waals surface area contributed by atoms with Crippen molar-refractivity contribution in [1.82, 2.24) is 14.8 Å². The Morgan fingerprint density at radius 3 is 2.56 bits per heavy atom. The highest BCUT2D eigenvalue weighted by molar-refractivity contribution is 6.40. The number of nitrogens with one attached hydrogen (secondary N) is 2. The normalized spacial score (nSPS) is 12.1. The number of benzene rings is 1. The van der Waals surface area contributed by atoms with E-state index in [4.69, 9.17) is 11.6 Å². The van der Waals surface area contributed by atoms with Gasteiger partial charge >= 0.3 is 11.8 Å². The summed E-state index contributed by atoms with van der Waals surface area (Å²) < 4.78 is 1.99. The first kappa shape index (κ1) is 19.0. The van der Waals surface area contributed by atoms with Crippen LogP contribution in [-0.4, -0.2) is 41.9 Å². The Morgan fingerprint density at radius 1 is 1.24 bits per heavy atom. The van der Waals surface area contributed by atoms with Crippen molar-refractivity contribution in [3.63, 3.8) is 0 Å². The minimum atomic E-state index is -0.713. The van der Waals surface area contributed by atoms with Gasteiger partial charge in [0.1, 0.15) is 0 Å². The first-order valence-electron chi connectivity index (χ1n) is 7.92. The predicted molar refractivity (Wildman–Crippen MR) is 99.7 cm³/mol. The van der Waals surface area contributed by atoms with Crippen molar-refractivity contribution < 1.29 is 9.59 Å². The molecule has 2 aromatic rings. The summed E-state index contributed by atoms with van der Waals surface area (Å²) >= 11 is 5.93. The van der Waals surface area contributed by atoms with Gasteiger partial charge in [0.25, 0.3) is 0 Å². The van der Waals surface area contributed by atoms with Gasteiger partial charge in [0, 0.05) is 36.2 Å². The van der Waals surface area contributed by atoms with Gasteiger partial charge in [0.15, 0.2) is 0 Å². The minimum absolute atomic E-state index is 0.0374. The summed E-state index contributed by atoms with van der Waals surface area (Å²) in [6.07, 6.45) is 1.95. The Bertz CT molecular complexity index is 770. The highest BCUT2D eigenvalue weighted by Gasteiger charge is 2.20. The molecule has 134 valence electrons. The second-order valence-corrected chi connectivity index (χ2v) is 6.58. The average molecular weight is 363 g/mol. The van der Waals surface area contributed by atoms with E-state index in [0.717, 1.165) is 11.3 Å². The zero-order valence-corrected chi connectivity index (χ0v) is 15.6. The second-order valence-electron chi connectivity index (χ2n) is 6.15. The van der Waals surface area contributed by atoms with Crippen LogP contribution in [0.2, 0.25) is 5.02 Å². The number of hydrogen-bond acceptors (Lipinski definition) is 3. The lowest BCUT2D eigenvalue weighted by molar-refractivity contribution is -0.136. The number of hydrogen-bond donors (Lipinski definition) is 2. The van der Waals surface area contributed by atoms with Crippen molar-refractivity contribution in [3.05, 3.63) is 52.8 Å². The van der Waals surface area contributed by atoms with Gasteiger partial charge in [0.05, 0.1) is 6.04 Å². The lowest BCUT2D eigenvalue weighted by Crippen LogP contribution is -2.40. The minimum Gasteiger partial charge on any atom is -0.353 e. The van der Waals surface area contributed by atoms with Crippen molar-refractivity contribution >= 4 is 29.1 Å². The fourth-order valence-electron chi connectivity index (χ4n) is 2.55. The molecule has 0 bridgehead atoms. The molecule has 0 aliphatic heterocycles. The van der Waals surface area contributed by atoms with Crippen molar-refractivity contribution in [2.45, 2.75) is 13.0 Å². The van der Waals surface area contributed by atoms with Crippen molar-refractivity contribution in [2.75, 3.05) is 26.0 Å². The van der Waals surface area contributed by atoms with E-state index in [-0.39, 0.29) is 6.04 Å². The summed E-state index contributed by atoms with van der Waals surface area (Å²) in [5.41, 5.74) is 2.41. The predicted octanol–water partition coefficient (Wildman–Crippen LogP) is 2.34. The van der Waals surface area contributed by atoms with Crippen LogP contribution in [0.25, 0.3) is 0 Å². The first-order valence-corrected chi connectivity index (χ1v) is 8.30. The van der Waals surface area contributed by atoms with Crippen LogP contribution < -0.4 is 10.6 Å². The maximum Gasteiger partial charge on any atom is 0.313 e. The number of nitrogens with zero attached hydrogens (tertiary/aromatic N) is 2. The van der Waals surface area contributed by atoms with Crippen LogP contribution in [0.15, 0.2) is 36.5 Å². The summed E-state index contributed by atoms with van der Waals surface area (Å²) in [7, 11) is 5.81. The average Bonchev–Trinajstić information content (AvgIpc) is 2.96. The van der Waals surface area contributed by atoms with Crippen molar-refractivity contribution in [2.24, 2.45) is 7.05 Å². The van der Waals surface area contributed by atoms with Gasteiger partial charge in [-0.05, 0) is 50.8 Å². The van der Waals surface area contributed by atoms with Crippen LogP contribution >= 0.6 is 11.6 Å². The summed E-state index contributed by atoms with van der Waals surface area (Å²) in [4.78, 5) is 26.3. The molecule has 2 N–H and O–H groups in total. The number of halogens is 1. The first-order chi connectivity index (χ1) is 11.8. The third-order valence-corrected chi connectivity index (χ3v) is 4.29. The Hall–Kier alpha value is -2.31. The number of anilines is 1. The number of likely N-dealkylation sites (N-methyl/N-ethyl adjacent to an activating group) is 1. The highest BCUT2D eigenvalue weighted by atomic mass is 35.5. The van der Waals surface area contributed by atoms with E-state index in [1.807, 2.05) is 55.9 Å². The summed E-state index contributed by atoms with van der Waals surface area (Å²) in [6.45, 7) is 2.16. The lowest BCUT2D eigenvalue weighted by Gasteiger charge is -2.25. The third kappa shape index (κ3) is 4.84. The van der Waals surface area contributed by atoms with Crippen LogP contribution in [0, 0.1) is 6.92 Å². The van der Waals surface area contributed by atoms with E-state index in [1.54, 1.807) is 18.2 Å². The molecule has 1 aromatic heterocycles. The number of carbonyl (C=O) groups is 2. The quantitative estimate of drug-likeness (QED) is 0.802. The number of carbonyl (C=O) groups excluding carboxylic acids is 2. The van der Waals surface area contributed by atoms with Gasteiger partial charge < -0.3 is 15.2 Å². The number of rotatable bonds is 5. The van der Waals surface area contributed by atoms with E-state index in [2.05, 4.69) is 10.6 Å². The topological polar surface area (TPSA) is 66.4 Å². The molecular formula is C18H23ClN4O2. The molecule has 7 heteroatoms. The van der Waals surface area contributed by atoms with Gasteiger partial charge in [-0.3, -0.25) is 14.5 Å². The second kappa shape index (κ2) is 8.18.